The lowest BCUT2D eigenvalue weighted by atomic mass is 10.4. The highest BCUT2D eigenvalue weighted by Gasteiger charge is 2.11. The summed E-state index contributed by atoms with van der Waals surface area (Å²) in [6.45, 7) is 3.14. The Labute approximate surface area is 121 Å². The third-order valence-electron chi connectivity index (χ3n) is 2.30. The molecule has 0 rings (SSSR count). The first-order chi connectivity index (χ1) is 9.33. The third-order valence-corrected chi connectivity index (χ3v) is 4.86. The Kier molecular flexibility index (Phi) is 10.4. The van der Waals surface area contributed by atoms with Crippen molar-refractivity contribution in [3.63, 3.8) is 0 Å². The van der Waals surface area contributed by atoms with Crippen LogP contribution in [0.25, 0.3) is 0 Å². The van der Waals surface area contributed by atoms with Crippen molar-refractivity contribution >= 4 is 20.2 Å². The van der Waals surface area contributed by atoms with E-state index in [0.29, 0.717) is 12.8 Å². The van der Waals surface area contributed by atoms with Crippen LogP contribution in [0.1, 0.15) is 39.5 Å². The van der Waals surface area contributed by atoms with Crippen molar-refractivity contribution in [2.24, 2.45) is 0 Å². The first-order valence-electron chi connectivity index (χ1n) is 6.65. The van der Waals surface area contributed by atoms with E-state index in [1.54, 1.807) is 0 Å². The van der Waals surface area contributed by atoms with Crippen LogP contribution in [0.5, 0.6) is 0 Å². The van der Waals surface area contributed by atoms with Gasteiger partial charge in [-0.3, -0.25) is 4.18 Å². The summed E-state index contributed by atoms with van der Waals surface area (Å²) in [7, 11) is -7.07. The van der Waals surface area contributed by atoms with E-state index in [9.17, 15) is 16.8 Å². The molecule has 0 fully saturated rings. The lowest BCUT2D eigenvalue weighted by Crippen LogP contribution is -2.17. The quantitative estimate of drug-likeness (QED) is 0.284. The molecule has 0 N–H and O–H groups in total. The molecule has 7 nitrogen and oxygen atoms in total. The minimum absolute atomic E-state index is 0.0224. The van der Waals surface area contributed by atoms with Crippen LogP contribution >= 0.6 is 0 Å². The van der Waals surface area contributed by atoms with Gasteiger partial charge in [0.05, 0.1) is 24.7 Å². The zero-order valence-corrected chi connectivity index (χ0v) is 13.7. The molecule has 0 aromatic carbocycles. The summed E-state index contributed by atoms with van der Waals surface area (Å²) in [5, 5.41) is 0. The predicted molar refractivity (Wildman–Crippen MR) is 75.2 cm³/mol. The van der Waals surface area contributed by atoms with E-state index < -0.39 is 27.0 Å². The van der Waals surface area contributed by atoms with Gasteiger partial charge in [-0.05, 0) is 12.8 Å². The fourth-order valence-electron chi connectivity index (χ4n) is 1.15. The van der Waals surface area contributed by atoms with Gasteiger partial charge in [0.1, 0.15) is 0 Å². The van der Waals surface area contributed by atoms with Gasteiger partial charge in [0.15, 0.2) is 6.79 Å². The molecule has 0 bridgehead atoms. The van der Waals surface area contributed by atoms with Gasteiger partial charge >= 0.3 is 0 Å². The zero-order chi connectivity index (χ0) is 15.5. The van der Waals surface area contributed by atoms with Gasteiger partial charge in [-0.15, -0.1) is 0 Å². The largest absolute Gasteiger partial charge is 0.352 e. The average molecular weight is 332 g/mol. The minimum atomic E-state index is -3.56. The van der Waals surface area contributed by atoms with Gasteiger partial charge in [-0.1, -0.05) is 26.7 Å². The van der Waals surface area contributed by atoms with Gasteiger partial charge in [-0.2, -0.15) is 16.8 Å². The first-order valence-corrected chi connectivity index (χ1v) is 9.80. The van der Waals surface area contributed by atoms with Crippen molar-refractivity contribution in [3.8, 4) is 0 Å². The fraction of sp³-hybridized carbons (Fsp3) is 1.00. The highest BCUT2D eigenvalue weighted by molar-refractivity contribution is 7.86. The second-order valence-electron chi connectivity index (χ2n) is 4.20. The second kappa shape index (κ2) is 10.5. The average Bonchev–Trinajstić information content (AvgIpc) is 2.38. The van der Waals surface area contributed by atoms with Crippen molar-refractivity contribution in [1.29, 1.82) is 0 Å². The van der Waals surface area contributed by atoms with Crippen LogP contribution in [0.3, 0.4) is 0 Å². The molecular formula is C11H24O7S2. The summed E-state index contributed by atoms with van der Waals surface area (Å²) in [4.78, 5) is 0. The molecule has 0 aliphatic heterocycles. The summed E-state index contributed by atoms with van der Waals surface area (Å²) in [6.07, 6.45) is 2.60. The molecule has 0 amide bonds. The molecule has 0 aromatic heterocycles. The molecule has 122 valence electrons. The summed E-state index contributed by atoms with van der Waals surface area (Å²) >= 11 is 0. The van der Waals surface area contributed by atoms with Gasteiger partial charge in [-0.25, -0.2) is 4.18 Å². The van der Waals surface area contributed by atoms with E-state index in [-0.39, 0.29) is 24.7 Å². The highest BCUT2D eigenvalue weighted by Crippen LogP contribution is 2.00. The van der Waals surface area contributed by atoms with Crippen LogP contribution in [0.15, 0.2) is 0 Å². The van der Waals surface area contributed by atoms with Crippen LogP contribution in [-0.4, -0.2) is 48.3 Å². The molecule has 0 atom stereocenters. The fourth-order valence-corrected chi connectivity index (χ4v) is 3.20. The Morgan fingerprint density at radius 2 is 1.25 bits per heavy atom. The standard InChI is InChI=1S/C11H24O7S2/c1-3-5-9-19(12,13)17-8-7-16-11-18-20(14,15)10-6-4-2/h3-11H2,1-2H3. The van der Waals surface area contributed by atoms with Crippen LogP contribution in [0.2, 0.25) is 0 Å². The number of hydrogen-bond donors (Lipinski definition) is 0. The van der Waals surface area contributed by atoms with Crippen molar-refractivity contribution in [3.05, 3.63) is 0 Å². The van der Waals surface area contributed by atoms with Crippen molar-refractivity contribution in [2.75, 3.05) is 31.5 Å². The molecule has 0 aliphatic carbocycles. The Morgan fingerprint density at radius 3 is 1.75 bits per heavy atom. The first kappa shape index (κ1) is 19.8. The van der Waals surface area contributed by atoms with Crippen LogP contribution < -0.4 is 0 Å². The molecule has 20 heavy (non-hydrogen) atoms. The number of ether oxygens (including phenoxy) is 1. The van der Waals surface area contributed by atoms with Crippen LogP contribution in [0.4, 0.5) is 0 Å². The number of rotatable bonds is 13. The topological polar surface area (TPSA) is 96.0 Å². The van der Waals surface area contributed by atoms with Crippen molar-refractivity contribution in [2.45, 2.75) is 39.5 Å². The molecule has 0 heterocycles. The van der Waals surface area contributed by atoms with Crippen LogP contribution in [0, 0.1) is 0 Å². The lowest BCUT2D eigenvalue weighted by molar-refractivity contribution is 0.00683. The maximum atomic E-state index is 11.3. The Bertz CT molecular complexity index is 386. The highest BCUT2D eigenvalue weighted by atomic mass is 32.2. The Hall–Kier alpha value is -0.220. The predicted octanol–water partition coefficient (Wildman–Crippen LogP) is 1.25. The van der Waals surface area contributed by atoms with Gasteiger partial charge < -0.3 is 4.74 Å². The monoisotopic (exact) mass is 332 g/mol. The molecule has 0 saturated carbocycles. The van der Waals surface area contributed by atoms with E-state index >= 15 is 0 Å². The maximum Gasteiger partial charge on any atom is 0.269 e. The van der Waals surface area contributed by atoms with E-state index in [2.05, 4.69) is 8.37 Å². The molecule has 9 heteroatoms. The van der Waals surface area contributed by atoms with Crippen LogP contribution in [-0.2, 0) is 33.3 Å². The van der Waals surface area contributed by atoms with E-state index in [0.717, 1.165) is 12.8 Å². The molecule has 0 radical (unpaired) electrons. The minimum Gasteiger partial charge on any atom is -0.352 e. The molecule has 0 aromatic rings. The molecular weight excluding hydrogens is 308 g/mol. The SMILES string of the molecule is CCCCS(=O)(=O)OCCOCOS(=O)(=O)CCCC. The smallest absolute Gasteiger partial charge is 0.269 e. The molecule has 0 aliphatic rings. The Balaban J connectivity index is 3.67. The summed E-state index contributed by atoms with van der Waals surface area (Å²) in [5.74, 6) is -0.0693. The van der Waals surface area contributed by atoms with Crippen molar-refractivity contribution < 1.29 is 29.9 Å². The third kappa shape index (κ3) is 11.6. The number of unbranched alkanes of at least 4 members (excludes halogenated alkanes) is 2. The molecule has 0 spiro atoms. The zero-order valence-electron chi connectivity index (χ0n) is 12.0. The Morgan fingerprint density at radius 1 is 0.750 bits per heavy atom. The summed E-state index contributed by atoms with van der Waals surface area (Å²) in [6, 6.07) is 0. The van der Waals surface area contributed by atoms with E-state index in [4.69, 9.17) is 4.74 Å². The normalized spacial score (nSPS) is 12.7. The number of hydrogen-bond acceptors (Lipinski definition) is 7. The summed E-state index contributed by atoms with van der Waals surface area (Å²) in [5.41, 5.74) is 0. The molecule has 0 unspecified atom stereocenters. The van der Waals surface area contributed by atoms with Gasteiger partial charge in [0.25, 0.3) is 20.2 Å². The van der Waals surface area contributed by atoms with E-state index in [1.165, 1.54) is 0 Å². The van der Waals surface area contributed by atoms with E-state index in [1.807, 2.05) is 13.8 Å². The maximum absolute atomic E-state index is 11.3. The second-order valence-corrected chi connectivity index (χ2v) is 7.72. The molecule has 0 saturated heterocycles. The summed E-state index contributed by atoms with van der Waals surface area (Å²) < 4.78 is 59.2. The lowest BCUT2D eigenvalue weighted by Gasteiger charge is -2.07. The van der Waals surface area contributed by atoms with Gasteiger partial charge in [0.2, 0.25) is 0 Å². The van der Waals surface area contributed by atoms with Crippen molar-refractivity contribution in [1.82, 2.24) is 0 Å². The van der Waals surface area contributed by atoms with Gasteiger partial charge in [0, 0.05) is 0 Å².